The summed E-state index contributed by atoms with van der Waals surface area (Å²) in [5.41, 5.74) is 0.569. The molecule has 0 amide bonds. The molecule has 0 spiro atoms. The molecule has 1 N–H and O–H groups in total. The van der Waals surface area contributed by atoms with E-state index in [9.17, 15) is 9.59 Å². The zero-order chi connectivity index (χ0) is 22.5. The number of tetrazole rings is 1. The number of thiol groups is 1. The number of carboxylic acids is 1. The van der Waals surface area contributed by atoms with E-state index in [-0.39, 0.29) is 5.82 Å². The topological polar surface area (TPSA) is 107 Å². The van der Waals surface area contributed by atoms with Crippen LogP contribution in [0.25, 0.3) is 0 Å². The lowest BCUT2D eigenvalue weighted by Crippen LogP contribution is -2.20. The number of benzene rings is 1. The summed E-state index contributed by atoms with van der Waals surface area (Å²) in [7, 11) is 0. The first-order chi connectivity index (χ1) is 15.0. The van der Waals surface area contributed by atoms with Crippen LogP contribution < -0.4 is 4.74 Å². The summed E-state index contributed by atoms with van der Waals surface area (Å²) < 4.78 is 7.06. The Bertz CT molecular complexity index is 827. The lowest BCUT2D eigenvalue weighted by atomic mass is 9.98. The van der Waals surface area contributed by atoms with Crippen molar-refractivity contribution in [2.24, 2.45) is 0 Å². The zero-order valence-electron chi connectivity index (χ0n) is 18.1. The lowest BCUT2D eigenvalue weighted by molar-refractivity contribution is -0.138. The van der Waals surface area contributed by atoms with E-state index in [4.69, 9.17) is 9.84 Å². The van der Waals surface area contributed by atoms with Gasteiger partial charge in [0.15, 0.2) is 5.82 Å². The molecular weight excluding hydrogens is 416 g/mol. The first-order valence-electron chi connectivity index (χ1n) is 11.0. The molecule has 1 aromatic heterocycles. The van der Waals surface area contributed by atoms with Gasteiger partial charge in [-0.2, -0.15) is 0 Å². The van der Waals surface area contributed by atoms with Crippen LogP contribution in [-0.2, 0) is 16.1 Å². The number of aromatic nitrogens is 4. The van der Waals surface area contributed by atoms with E-state index < -0.39 is 23.5 Å². The highest BCUT2D eigenvalue weighted by atomic mass is 32.1. The van der Waals surface area contributed by atoms with Gasteiger partial charge >= 0.3 is 5.97 Å². The van der Waals surface area contributed by atoms with Crippen molar-refractivity contribution in [1.82, 2.24) is 20.2 Å². The smallest absolute Gasteiger partial charge is 0.325 e. The van der Waals surface area contributed by atoms with Crippen LogP contribution in [0.15, 0.2) is 24.3 Å². The van der Waals surface area contributed by atoms with Gasteiger partial charge in [0, 0.05) is 5.56 Å². The quantitative estimate of drug-likeness (QED) is 0.292. The number of unbranched alkanes of at least 4 members (excludes halogenated alkanes) is 8. The number of hydrogen-bond acceptors (Lipinski definition) is 6. The molecule has 1 unspecified atom stereocenters. The lowest BCUT2D eigenvalue weighted by Gasteiger charge is -2.17. The number of aliphatic carboxylic acids is 1. The Morgan fingerprint density at radius 3 is 2.35 bits per heavy atom. The second-order valence-electron chi connectivity index (χ2n) is 7.57. The van der Waals surface area contributed by atoms with Gasteiger partial charge < -0.3 is 9.84 Å². The maximum absolute atomic E-state index is 12.3. The number of nitrogens with zero attached hydrogens (tertiary/aromatic N) is 4. The highest BCUT2D eigenvalue weighted by molar-refractivity contribution is 7.96. The van der Waals surface area contributed by atoms with Gasteiger partial charge in [-0.1, -0.05) is 76.5 Å². The highest BCUT2D eigenvalue weighted by Gasteiger charge is 2.29. The number of rotatable bonds is 16. The maximum atomic E-state index is 12.3. The van der Waals surface area contributed by atoms with E-state index in [2.05, 4.69) is 35.1 Å². The second-order valence-corrected chi connectivity index (χ2v) is 8.02. The van der Waals surface area contributed by atoms with Gasteiger partial charge in [-0.25, -0.2) is 4.68 Å². The molecule has 9 heteroatoms. The molecule has 0 aliphatic heterocycles. The van der Waals surface area contributed by atoms with Crippen molar-refractivity contribution >= 4 is 23.7 Å². The highest BCUT2D eigenvalue weighted by Crippen LogP contribution is 2.32. The summed E-state index contributed by atoms with van der Waals surface area (Å²) in [6, 6.07) is 7.16. The molecule has 1 heterocycles. The van der Waals surface area contributed by atoms with Crippen LogP contribution in [-0.4, -0.2) is 43.0 Å². The molecule has 0 fully saturated rings. The summed E-state index contributed by atoms with van der Waals surface area (Å²) in [6.07, 6.45) is 11.0. The summed E-state index contributed by atoms with van der Waals surface area (Å²) in [5, 5.41) is 19.7. The van der Waals surface area contributed by atoms with Gasteiger partial charge in [-0.15, -0.1) is 17.7 Å². The number of ether oxygens (including phenoxy) is 1. The van der Waals surface area contributed by atoms with Gasteiger partial charge in [-0.3, -0.25) is 9.59 Å². The van der Waals surface area contributed by atoms with E-state index in [1.807, 2.05) is 6.07 Å². The maximum Gasteiger partial charge on any atom is 0.325 e. The Morgan fingerprint density at radius 1 is 1.06 bits per heavy atom. The third kappa shape index (κ3) is 8.32. The normalized spacial score (nSPS) is 11.9. The van der Waals surface area contributed by atoms with Crippen LogP contribution in [0.3, 0.4) is 0 Å². The fourth-order valence-corrected chi connectivity index (χ4v) is 3.74. The molecule has 0 saturated carbocycles. The van der Waals surface area contributed by atoms with E-state index >= 15 is 0 Å². The standard InChI is InChI=1S/C22H32N4O4S/c1-2-3-4-5-6-7-8-9-12-15-30-18-14-11-10-13-17(18)20(22(29)31)21-23-24-25-26(21)16-19(27)28/h10-11,13-14,20H,2-9,12,15-16H2,1H3,(H,27,28)(H,29,31). The number of hydrogen-bond donors (Lipinski definition) is 2. The van der Waals surface area contributed by atoms with E-state index in [1.54, 1.807) is 18.2 Å². The molecule has 2 rings (SSSR count). The Kier molecular flexibility index (Phi) is 11.1. The van der Waals surface area contributed by atoms with Crippen molar-refractivity contribution in [3.8, 4) is 5.75 Å². The first-order valence-corrected chi connectivity index (χ1v) is 11.4. The average Bonchev–Trinajstić information content (AvgIpc) is 3.17. The van der Waals surface area contributed by atoms with Crippen molar-refractivity contribution in [2.75, 3.05) is 6.61 Å². The molecule has 0 aliphatic carbocycles. The monoisotopic (exact) mass is 448 g/mol. The van der Waals surface area contributed by atoms with Gasteiger partial charge in [0.05, 0.1) is 6.61 Å². The Hall–Kier alpha value is -2.42. The number of carboxylic acid groups (broad SMARTS) is 1. The summed E-state index contributed by atoms with van der Waals surface area (Å²) in [6.45, 7) is 2.33. The predicted molar refractivity (Wildman–Crippen MR) is 120 cm³/mol. The van der Waals surface area contributed by atoms with Crippen molar-refractivity contribution in [3.05, 3.63) is 35.7 Å². The third-order valence-corrected chi connectivity index (χ3v) is 5.34. The van der Waals surface area contributed by atoms with Crippen molar-refractivity contribution in [1.29, 1.82) is 0 Å². The molecule has 0 saturated heterocycles. The van der Waals surface area contributed by atoms with Crippen LogP contribution in [0.5, 0.6) is 5.75 Å². The van der Waals surface area contributed by atoms with E-state index in [0.717, 1.165) is 17.5 Å². The Balaban J connectivity index is 1.94. The molecule has 1 aromatic carbocycles. The van der Waals surface area contributed by atoms with Crippen LogP contribution in [0.2, 0.25) is 0 Å². The van der Waals surface area contributed by atoms with Gasteiger partial charge in [-0.05, 0) is 22.9 Å². The fraction of sp³-hybridized carbons (Fsp3) is 0.591. The summed E-state index contributed by atoms with van der Waals surface area (Å²) in [5.74, 6) is -1.34. The second kappa shape index (κ2) is 13.8. The molecule has 31 heavy (non-hydrogen) atoms. The Morgan fingerprint density at radius 2 is 1.71 bits per heavy atom. The minimum absolute atomic E-state index is 0.126. The molecule has 8 nitrogen and oxygen atoms in total. The van der Waals surface area contributed by atoms with Gasteiger partial charge in [0.2, 0.25) is 5.12 Å². The molecular formula is C22H32N4O4S. The molecule has 2 aromatic rings. The summed E-state index contributed by atoms with van der Waals surface area (Å²) >= 11 is 4.00. The summed E-state index contributed by atoms with van der Waals surface area (Å²) in [4.78, 5) is 23.4. The number of carbonyl (C=O) groups excluding carboxylic acids is 1. The van der Waals surface area contributed by atoms with Crippen LogP contribution in [0.1, 0.15) is 82.0 Å². The van der Waals surface area contributed by atoms with Gasteiger partial charge in [0.25, 0.3) is 0 Å². The van der Waals surface area contributed by atoms with Gasteiger partial charge in [0.1, 0.15) is 18.2 Å². The van der Waals surface area contributed by atoms with Crippen LogP contribution >= 0.6 is 12.6 Å². The molecule has 0 radical (unpaired) electrons. The largest absolute Gasteiger partial charge is 0.493 e. The average molecular weight is 449 g/mol. The fourth-order valence-electron chi connectivity index (χ4n) is 3.49. The minimum Gasteiger partial charge on any atom is -0.493 e. The molecule has 1 atom stereocenters. The number of para-hydroxylation sites is 1. The minimum atomic E-state index is -1.10. The van der Waals surface area contributed by atoms with Crippen LogP contribution in [0, 0.1) is 0 Å². The van der Waals surface area contributed by atoms with E-state index in [0.29, 0.717) is 17.9 Å². The van der Waals surface area contributed by atoms with Crippen molar-refractivity contribution in [3.63, 3.8) is 0 Å². The SMILES string of the molecule is CCCCCCCCCCCOc1ccccc1C(C(=O)S)c1nnnn1CC(=O)O. The predicted octanol–water partition coefficient (Wildman–Crippen LogP) is 4.26. The molecule has 0 aliphatic rings. The van der Waals surface area contributed by atoms with Crippen molar-refractivity contribution < 1.29 is 19.4 Å². The Labute approximate surface area is 188 Å². The van der Waals surface area contributed by atoms with E-state index in [1.165, 1.54) is 44.9 Å². The van der Waals surface area contributed by atoms with Crippen LogP contribution in [0.4, 0.5) is 0 Å². The number of carbonyl (C=O) groups is 2. The molecule has 170 valence electrons. The first kappa shape index (κ1) is 24.8. The zero-order valence-corrected chi connectivity index (χ0v) is 19.0. The third-order valence-electron chi connectivity index (χ3n) is 5.09. The molecule has 0 bridgehead atoms. The van der Waals surface area contributed by atoms with Crippen molar-refractivity contribution in [2.45, 2.75) is 77.2 Å².